The fourth-order valence-corrected chi connectivity index (χ4v) is 2.70. The summed E-state index contributed by atoms with van der Waals surface area (Å²) in [5.41, 5.74) is 0. The number of rotatable bonds is 7. The zero-order valence-corrected chi connectivity index (χ0v) is 12.7. The summed E-state index contributed by atoms with van der Waals surface area (Å²) in [4.78, 5) is 11.7. The molecule has 6 nitrogen and oxygen atoms in total. The molecule has 0 aliphatic heterocycles. The molecule has 1 N–H and O–H groups in total. The Balaban J connectivity index is 2.27. The zero-order chi connectivity index (χ0) is 15.1. The van der Waals surface area contributed by atoms with Crippen molar-refractivity contribution in [1.29, 1.82) is 10.5 Å². The predicted molar refractivity (Wildman–Crippen MR) is 82.7 cm³/mol. The first-order valence-electron chi connectivity index (χ1n) is 6.72. The second-order valence-electron chi connectivity index (χ2n) is 4.52. The van der Waals surface area contributed by atoms with E-state index in [-0.39, 0.29) is 13.1 Å². The van der Waals surface area contributed by atoms with Crippen LogP contribution in [0.15, 0.2) is 11.4 Å². The van der Waals surface area contributed by atoms with E-state index in [2.05, 4.69) is 34.3 Å². The van der Waals surface area contributed by atoms with Gasteiger partial charge in [0.2, 0.25) is 0 Å². The summed E-state index contributed by atoms with van der Waals surface area (Å²) in [6, 6.07) is 6.12. The summed E-state index contributed by atoms with van der Waals surface area (Å²) in [6.45, 7) is 3.73. The highest BCUT2D eigenvalue weighted by Gasteiger charge is 2.12. The van der Waals surface area contributed by atoms with Crippen LogP contribution in [0.25, 0.3) is 10.2 Å². The van der Waals surface area contributed by atoms with E-state index in [0.717, 1.165) is 29.0 Å². The van der Waals surface area contributed by atoms with Crippen molar-refractivity contribution < 1.29 is 0 Å². The first-order chi connectivity index (χ1) is 10.3. The lowest BCUT2D eigenvalue weighted by Gasteiger charge is -2.15. The lowest BCUT2D eigenvalue weighted by atomic mass is 10.3. The molecule has 0 atom stereocenters. The molecule has 0 spiro atoms. The number of nitriles is 2. The van der Waals surface area contributed by atoms with E-state index in [1.165, 1.54) is 0 Å². The van der Waals surface area contributed by atoms with Crippen molar-refractivity contribution >= 4 is 27.4 Å². The van der Waals surface area contributed by atoms with Gasteiger partial charge in [-0.1, -0.05) is 6.92 Å². The molecule has 21 heavy (non-hydrogen) atoms. The molecule has 2 aromatic heterocycles. The van der Waals surface area contributed by atoms with Gasteiger partial charge in [-0.2, -0.15) is 10.5 Å². The average molecular weight is 300 g/mol. The van der Waals surface area contributed by atoms with Gasteiger partial charge in [0.25, 0.3) is 0 Å². The van der Waals surface area contributed by atoms with Gasteiger partial charge in [0.05, 0.1) is 37.2 Å². The van der Waals surface area contributed by atoms with Crippen LogP contribution < -0.4 is 5.32 Å². The maximum atomic E-state index is 8.80. The van der Waals surface area contributed by atoms with Crippen LogP contribution in [0.2, 0.25) is 0 Å². The van der Waals surface area contributed by atoms with Gasteiger partial charge >= 0.3 is 0 Å². The molecule has 0 radical (unpaired) electrons. The summed E-state index contributed by atoms with van der Waals surface area (Å²) in [5, 5.41) is 23.9. The molecule has 2 rings (SSSR count). The highest BCUT2D eigenvalue weighted by molar-refractivity contribution is 7.16. The van der Waals surface area contributed by atoms with E-state index in [0.29, 0.717) is 12.4 Å². The third kappa shape index (κ3) is 3.88. The van der Waals surface area contributed by atoms with Crippen molar-refractivity contribution in [1.82, 2.24) is 14.9 Å². The van der Waals surface area contributed by atoms with Gasteiger partial charge in [0.15, 0.2) is 0 Å². The second-order valence-corrected chi connectivity index (χ2v) is 5.41. The number of anilines is 1. The first-order valence-corrected chi connectivity index (χ1v) is 7.60. The Kier molecular flexibility index (Phi) is 5.44. The van der Waals surface area contributed by atoms with Crippen LogP contribution in [-0.2, 0) is 6.54 Å². The molecule has 0 aromatic carbocycles. The summed E-state index contributed by atoms with van der Waals surface area (Å²) in [7, 11) is 0. The molecule has 0 bridgehead atoms. The third-order valence-electron chi connectivity index (χ3n) is 2.87. The normalized spacial score (nSPS) is 10.5. The van der Waals surface area contributed by atoms with E-state index >= 15 is 0 Å². The average Bonchev–Trinajstić information content (AvgIpc) is 2.93. The molecule has 0 unspecified atom stereocenters. The van der Waals surface area contributed by atoms with Crippen molar-refractivity contribution in [3.8, 4) is 12.1 Å². The molecule has 2 heterocycles. The molecule has 0 fully saturated rings. The molecule has 0 saturated carbocycles. The van der Waals surface area contributed by atoms with E-state index in [4.69, 9.17) is 10.5 Å². The molecular formula is C14H16N6S. The Labute approximate surface area is 127 Å². The topological polar surface area (TPSA) is 88.6 Å². The minimum absolute atomic E-state index is 0.192. The van der Waals surface area contributed by atoms with E-state index in [1.54, 1.807) is 16.2 Å². The lowest BCUT2D eigenvalue weighted by Crippen LogP contribution is -2.25. The number of nitrogens with zero attached hydrogens (tertiary/aromatic N) is 5. The summed E-state index contributed by atoms with van der Waals surface area (Å²) >= 11 is 1.56. The van der Waals surface area contributed by atoms with Crippen LogP contribution in [0.3, 0.4) is 0 Å². The van der Waals surface area contributed by atoms with Gasteiger partial charge in [-0.25, -0.2) is 9.97 Å². The predicted octanol–water partition coefficient (Wildman–Crippen LogP) is 2.36. The summed E-state index contributed by atoms with van der Waals surface area (Å²) in [5.74, 6) is 1.46. The van der Waals surface area contributed by atoms with Gasteiger partial charge in [-0.05, 0) is 17.9 Å². The van der Waals surface area contributed by atoms with Crippen molar-refractivity contribution in [2.75, 3.05) is 25.0 Å². The van der Waals surface area contributed by atoms with Crippen LogP contribution in [0.1, 0.15) is 19.2 Å². The fraction of sp³-hybridized carbons (Fsp3) is 0.429. The fourth-order valence-electron chi connectivity index (χ4n) is 1.92. The molecule has 2 aromatic rings. The number of hydrogen-bond acceptors (Lipinski definition) is 7. The van der Waals surface area contributed by atoms with Crippen LogP contribution in [0, 0.1) is 22.7 Å². The number of fused-ring (bicyclic) bond motifs is 1. The monoisotopic (exact) mass is 300 g/mol. The Morgan fingerprint density at radius 3 is 2.71 bits per heavy atom. The molecule has 0 aliphatic carbocycles. The van der Waals surface area contributed by atoms with E-state index < -0.39 is 0 Å². The Morgan fingerprint density at radius 1 is 1.29 bits per heavy atom. The molecule has 7 heteroatoms. The van der Waals surface area contributed by atoms with Crippen LogP contribution in [-0.4, -0.2) is 34.5 Å². The minimum atomic E-state index is 0.192. The van der Waals surface area contributed by atoms with Crippen molar-refractivity contribution in [3.05, 3.63) is 17.3 Å². The SMILES string of the molecule is CCCNc1nc(CN(CC#N)CC#N)nc2sccc12. The summed E-state index contributed by atoms with van der Waals surface area (Å²) in [6.07, 6.45) is 1.01. The highest BCUT2D eigenvalue weighted by atomic mass is 32.1. The number of nitrogens with one attached hydrogen (secondary N) is 1. The molecule has 0 aliphatic rings. The standard InChI is InChI=1S/C14H16N6S/c1-2-6-17-13-11-3-9-21-14(11)19-12(18-13)10-20(7-4-15)8-5-16/h3,9H,2,6-8,10H2,1H3,(H,17,18,19). The Morgan fingerprint density at radius 2 is 2.05 bits per heavy atom. The molecule has 108 valence electrons. The molecular weight excluding hydrogens is 284 g/mol. The number of aromatic nitrogens is 2. The second kappa shape index (κ2) is 7.53. The zero-order valence-electron chi connectivity index (χ0n) is 11.8. The lowest BCUT2D eigenvalue weighted by molar-refractivity contribution is 0.326. The van der Waals surface area contributed by atoms with Crippen molar-refractivity contribution in [2.24, 2.45) is 0 Å². The molecule has 0 amide bonds. The van der Waals surface area contributed by atoms with Gasteiger partial charge in [-0.15, -0.1) is 11.3 Å². The first kappa shape index (κ1) is 15.2. The number of thiophene rings is 1. The van der Waals surface area contributed by atoms with Crippen LogP contribution in [0.4, 0.5) is 5.82 Å². The smallest absolute Gasteiger partial charge is 0.146 e. The quantitative estimate of drug-likeness (QED) is 0.790. The maximum absolute atomic E-state index is 8.80. The maximum Gasteiger partial charge on any atom is 0.146 e. The Bertz CT molecular complexity index is 665. The summed E-state index contributed by atoms with van der Waals surface area (Å²) < 4.78 is 0. The van der Waals surface area contributed by atoms with Crippen molar-refractivity contribution in [3.63, 3.8) is 0 Å². The minimum Gasteiger partial charge on any atom is -0.369 e. The molecule has 0 saturated heterocycles. The van der Waals surface area contributed by atoms with Gasteiger partial charge < -0.3 is 5.32 Å². The van der Waals surface area contributed by atoms with Gasteiger partial charge in [0.1, 0.15) is 16.5 Å². The third-order valence-corrected chi connectivity index (χ3v) is 3.67. The van der Waals surface area contributed by atoms with Gasteiger partial charge in [0, 0.05) is 6.54 Å². The largest absolute Gasteiger partial charge is 0.369 e. The van der Waals surface area contributed by atoms with E-state index in [9.17, 15) is 0 Å². The highest BCUT2D eigenvalue weighted by Crippen LogP contribution is 2.25. The Hall–Kier alpha value is -2.22. The van der Waals surface area contributed by atoms with Crippen LogP contribution >= 0.6 is 11.3 Å². The number of hydrogen-bond donors (Lipinski definition) is 1. The van der Waals surface area contributed by atoms with E-state index in [1.807, 2.05) is 11.4 Å². The van der Waals surface area contributed by atoms with Gasteiger partial charge in [-0.3, -0.25) is 4.90 Å². The van der Waals surface area contributed by atoms with Crippen LogP contribution in [0.5, 0.6) is 0 Å². The van der Waals surface area contributed by atoms with Crippen molar-refractivity contribution in [2.45, 2.75) is 19.9 Å².